The fourth-order valence-electron chi connectivity index (χ4n) is 2.98. The van der Waals surface area contributed by atoms with Gasteiger partial charge in [0, 0.05) is 11.8 Å². The van der Waals surface area contributed by atoms with Crippen LogP contribution in [0.2, 0.25) is 0 Å². The SMILES string of the molecule is CCc1ccc(S(C)(=O)=O)cc1C(=O)NC(CC)(C(=O)O)c1ccccc1. The minimum Gasteiger partial charge on any atom is -0.479 e. The van der Waals surface area contributed by atoms with Crippen LogP contribution >= 0.6 is 0 Å². The van der Waals surface area contributed by atoms with Gasteiger partial charge in [-0.25, -0.2) is 13.2 Å². The molecule has 2 rings (SSSR count). The lowest BCUT2D eigenvalue weighted by Crippen LogP contribution is -2.51. The highest BCUT2D eigenvalue weighted by Crippen LogP contribution is 2.27. The zero-order valence-electron chi connectivity index (χ0n) is 15.5. The van der Waals surface area contributed by atoms with E-state index in [1.54, 1.807) is 43.3 Å². The van der Waals surface area contributed by atoms with Gasteiger partial charge in [-0.2, -0.15) is 0 Å². The van der Waals surface area contributed by atoms with Crippen LogP contribution in [0.1, 0.15) is 41.8 Å². The number of carboxylic acid groups (broad SMARTS) is 1. The topological polar surface area (TPSA) is 101 Å². The normalized spacial score (nSPS) is 13.6. The average Bonchev–Trinajstić information content (AvgIpc) is 2.65. The standard InChI is InChI=1S/C20H23NO5S/c1-4-14-11-12-16(27(3,25)26)13-17(14)18(22)21-20(5-2,19(23)24)15-9-7-6-8-10-15/h6-13H,4-5H2,1-3H3,(H,21,22)(H,23,24). The molecule has 0 spiro atoms. The zero-order valence-corrected chi connectivity index (χ0v) is 16.3. The number of carbonyl (C=O) groups excluding carboxylic acids is 1. The number of aliphatic carboxylic acids is 1. The Labute approximate surface area is 159 Å². The van der Waals surface area contributed by atoms with Gasteiger partial charge in [-0.05, 0) is 36.1 Å². The Bertz CT molecular complexity index is 954. The van der Waals surface area contributed by atoms with Crippen molar-refractivity contribution in [2.45, 2.75) is 37.1 Å². The van der Waals surface area contributed by atoms with E-state index in [0.717, 1.165) is 6.26 Å². The molecule has 0 heterocycles. The predicted molar refractivity (Wildman–Crippen MR) is 102 cm³/mol. The van der Waals surface area contributed by atoms with Crippen LogP contribution in [0.15, 0.2) is 53.4 Å². The van der Waals surface area contributed by atoms with E-state index in [-0.39, 0.29) is 16.9 Å². The van der Waals surface area contributed by atoms with Crippen molar-refractivity contribution in [3.63, 3.8) is 0 Å². The third kappa shape index (κ3) is 4.19. The number of carboxylic acids is 1. The van der Waals surface area contributed by atoms with Crippen molar-refractivity contribution in [3.05, 3.63) is 65.2 Å². The first-order valence-corrected chi connectivity index (χ1v) is 10.5. The molecule has 6 nitrogen and oxygen atoms in total. The van der Waals surface area contributed by atoms with E-state index in [0.29, 0.717) is 17.5 Å². The number of benzene rings is 2. The second-order valence-electron chi connectivity index (χ2n) is 6.33. The molecule has 27 heavy (non-hydrogen) atoms. The van der Waals surface area contributed by atoms with Crippen LogP contribution in [-0.4, -0.2) is 31.7 Å². The Balaban J connectivity index is 2.55. The fourth-order valence-corrected chi connectivity index (χ4v) is 3.63. The first kappa shape index (κ1) is 20.6. The lowest BCUT2D eigenvalue weighted by molar-refractivity contribution is -0.145. The minimum atomic E-state index is -3.50. The van der Waals surface area contributed by atoms with E-state index < -0.39 is 27.3 Å². The number of nitrogens with one attached hydrogen (secondary N) is 1. The van der Waals surface area contributed by atoms with Crippen molar-refractivity contribution >= 4 is 21.7 Å². The molecule has 2 N–H and O–H groups in total. The maximum Gasteiger partial charge on any atom is 0.334 e. The Hall–Kier alpha value is -2.67. The number of amides is 1. The van der Waals surface area contributed by atoms with E-state index >= 15 is 0 Å². The molecule has 0 saturated heterocycles. The van der Waals surface area contributed by atoms with Crippen molar-refractivity contribution in [3.8, 4) is 0 Å². The van der Waals surface area contributed by atoms with Crippen LogP contribution in [0.5, 0.6) is 0 Å². The van der Waals surface area contributed by atoms with Crippen LogP contribution in [0.25, 0.3) is 0 Å². The monoisotopic (exact) mass is 389 g/mol. The third-order valence-corrected chi connectivity index (χ3v) is 5.73. The minimum absolute atomic E-state index is 0.0157. The smallest absolute Gasteiger partial charge is 0.334 e. The van der Waals surface area contributed by atoms with Gasteiger partial charge in [-0.1, -0.05) is 50.2 Å². The molecule has 1 atom stereocenters. The van der Waals surface area contributed by atoms with Gasteiger partial charge in [0.25, 0.3) is 5.91 Å². The molecular weight excluding hydrogens is 366 g/mol. The van der Waals surface area contributed by atoms with Gasteiger partial charge in [-0.15, -0.1) is 0 Å². The highest BCUT2D eigenvalue weighted by Gasteiger charge is 2.40. The van der Waals surface area contributed by atoms with Gasteiger partial charge in [0.05, 0.1) is 4.90 Å². The largest absolute Gasteiger partial charge is 0.479 e. The number of carbonyl (C=O) groups is 2. The Morgan fingerprint density at radius 3 is 2.19 bits per heavy atom. The lowest BCUT2D eigenvalue weighted by atomic mass is 9.86. The number of hydrogen-bond acceptors (Lipinski definition) is 4. The van der Waals surface area contributed by atoms with Gasteiger partial charge >= 0.3 is 5.97 Å². The number of aryl methyl sites for hydroxylation is 1. The molecule has 0 saturated carbocycles. The maximum absolute atomic E-state index is 13.0. The average molecular weight is 389 g/mol. The molecule has 144 valence electrons. The highest BCUT2D eigenvalue weighted by molar-refractivity contribution is 7.90. The molecule has 0 radical (unpaired) electrons. The first-order valence-electron chi connectivity index (χ1n) is 8.60. The van der Waals surface area contributed by atoms with E-state index in [1.807, 2.05) is 6.92 Å². The molecule has 1 unspecified atom stereocenters. The molecule has 2 aromatic carbocycles. The molecule has 7 heteroatoms. The maximum atomic E-state index is 13.0. The number of sulfone groups is 1. The quantitative estimate of drug-likeness (QED) is 0.758. The van der Waals surface area contributed by atoms with Gasteiger partial charge < -0.3 is 10.4 Å². The number of rotatable bonds is 7. The second-order valence-corrected chi connectivity index (χ2v) is 8.34. The summed E-state index contributed by atoms with van der Waals surface area (Å²) in [6.45, 7) is 3.52. The van der Waals surface area contributed by atoms with Crippen LogP contribution in [0.3, 0.4) is 0 Å². The summed E-state index contributed by atoms with van der Waals surface area (Å²) in [5, 5.41) is 12.5. The molecule has 0 aliphatic rings. The molecule has 0 fully saturated rings. The lowest BCUT2D eigenvalue weighted by Gasteiger charge is -2.30. The molecular formula is C20H23NO5S. The van der Waals surface area contributed by atoms with E-state index in [4.69, 9.17) is 0 Å². The van der Waals surface area contributed by atoms with Crippen LogP contribution in [-0.2, 0) is 26.6 Å². The summed E-state index contributed by atoms with van der Waals surface area (Å²) in [5.41, 5.74) is -0.353. The highest BCUT2D eigenvalue weighted by atomic mass is 32.2. The summed E-state index contributed by atoms with van der Waals surface area (Å²) < 4.78 is 23.7. The zero-order chi connectivity index (χ0) is 20.2. The van der Waals surface area contributed by atoms with Crippen LogP contribution in [0, 0.1) is 0 Å². The molecule has 2 aromatic rings. The third-order valence-electron chi connectivity index (χ3n) is 4.62. The van der Waals surface area contributed by atoms with Gasteiger partial charge in [-0.3, -0.25) is 4.79 Å². The van der Waals surface area contributed by atoms with E-state index in [2.05, 4.69) is 5.32 Å². The van der Waals surface area contributed by atoms with Gasteiger partial charge in [0.2, 0.25) is 0 Å². The van der Waals surface area contributed by atoms with Crippen LogP contribution < -0.4 is 5.32 Å². The Morgan fingerprint density at radius 2 is 1.70 bits per heavy atom. The van der Waals surface area contributed by atoms with Crippen molar-refractivity contribution in [1.29, 1.82) is 0 Å². The summed E-state index contributed by atoms with van der Waals surface area (Å²) in [7, 11) is -3.50. The molecule has 0 aliphatic carbocycles. The summed E-state index contributed by atoms with van der Waals surface area (Å²) >= 11 is 0. The van der Waals surface area contributed by atoms with Crippen LogP contribution in [0.4, 0.5) is 0 Å². The summed E-state index contributed by atoms with van der Waals surface area (Å²) in [5.74, 6) is -1.80. The first-order chi connectivity index (χ1) is 12.7. The Morgan fingerprint density at radius 1 is 1.07 bits per heavy atom. The molecule has 0 aromatic heterocycles. The second kappa shape index (κ2) is 7.92. The van der Waals surface area contributed by atoms with Gasteiger partial charge in [0.15, 0.2) is 15.4 Å². The van der Waals surface area contributed by atoms with Crippen molar-refractivity contribution in [2.75, 3.05) is 6.26 Å². The summed E-state index contributed by atoms with van der Waals surface area (Å²) in [6, 6.07) is 12.8. The summed E-state index contributed by atoms with van der Waals surface area (Å²) in [4.78, 5) is 25.1. The fraction of sp³-hybridized carbons (Fsp3) is 0.300. The molecule has 0 bridgehead atoms. The van der Waals surface area contributed by atoms with E-state index in [1.165, 1.54) is 12.1 Å². The predicted octanol–water partition coefficient (Wildman–Crippen LogP) is 2.77. The number of hydrogen-bond donors (Lipinski definition) is 2. The van der Waals surface area contributed by atoms with Gasteiger partial charge in [0.1, 0.15) is 0 Å². The summed E-state index contributed by atoms with van der Waals surface area (Å²) in [6.07, 6.45) is 1.70. The van der Waals surface area contributed by atoms with Crippen molar-refractivity contribution in [1.82, 2.24) is 5.32 Å². The molecule has 1 amide bonds. The Kier molecular flexibility index (Phi) is 6.05. The van der Waals surface area contributed by atoms with Crippen molar-refractivity contribution in [2.24, 2.45) is 0 Å². The molecule has 0 aliphatic heterocycles. The van der Waals surface area contributed by atoms with Crippen molar-refractivity contribution < 1.29 is 23.1 Å². The van der Waals surface area contributed by atoms with E-state index in [9.17, 15) is 23.1 Å².